The van der Waals surface area contributed by atoms with Crippen molar-refractivity contribution < 1.29 is 14.4 Å². The number of H-pyrrole nitrogens is 1. The van der Waals surface area contributed by atoms with Gasteiger partial charge in [0.05, 0.1) is 11.3 Å². The molecule has 2 N–H and O–H groups in total. The number of benzene rings is 3. The first-order valence-electron chi connectivity index (χ1n) is 13.6. The maximum Gasteiger partial charge on any atom is 0.217 e. The van der Waals surface area contributed by atoms with Gasteiger partial charge in [0, 0.05) is 35.0 Å². The number of nitrogens with one attached hydrogen (secondary N) is 2. The van der Waals surface area contributed by atoms with Crippen molar-refractivity contribution in [3.05, 3.63) is 107 Å². The summed E-state index contributed by atoms with van der Waals surface area (Å²) >= 11 is 0. The Kier molecular flexibility index (Phi) is 6.79. The predicted octanol–water partition coefficient (Wildman–Crippen LogP) is 6.08. The van der Waals surface area contributed by atoms with Crippen LogP contribution in [0.15, 0.2) is 78.9 Å². The normalized spacial score (nSPS) is 20.1. The van der Waals surface area contributed by atoms with Crippen molar-refractivity contribution in [3.63, 3.8) is 0 Å². The quantitative estimate of drug-likeness (QED) is 0.276. The molecular weight excluding hydrogens is 484 g/mol. The van der Waals surface area contributed by atoms with Gasteiger partial charge in [-0.05, 0) is 68.9 Å². The summed E-state index contributed by atoms with van der Waals surface area (Å²) in [5.41, 5.74) is 4.30. The Hall–Kier alpha value is -3.99. The lowest BCUT2D eigenvalue weighted by Crippen LogP contribution is -2.60. The van der Waals surface area contributed by atoms with E-state index >= 15 is 0 Å². The van der Waals surface area contributed by atoms with E-state index in [2.05, 4.69) is 28.5 Å². The van der Waals surface area contributed by atoms with Crippen LogP contribution in [0, 0.1) is 18.3 Å². The number of carbonyl (C=O) groups excluding carboxylic acids is 3. The molecule has 3 aromatic carbocycles. The van der Waals surface area contributed by atoms with Crippen LogP contribution in [0.4, 0.5) is 0 Å². The fourth-order valence-corrected chi connectivity index (χ4v) is 6.33. The summed E-state index contributed by atoms with van der Waals surface area (Å²) in [7, 11) is 0. The third kappa shape index (κ3) is 4.94. The highest BCUT2D eigenvalue weighted by Gasteiger charge is 2.61. The summed E-state index contributed by atoms with van der Waals surface area (Å²) in [6.45, 7) is 9.36. The summed E-state index contributed by atoms with van der Waals surface area (Å²) in [5.74, 6) is -1.37. The zero-order valence-corrected chi connectivity index (χ0v) is 23.3. The van der Waals surface area contributed by atoms with Crippen LogP contribution in [0.3, 0.4) is 0 Å². The lowest BCUT2D eigenvalue weighted by atomic mass is 9.53. The van der Waals surface area contributed by atoms with Crippen LogP contribution < -0.4 is 5.32 Å². The second-order valence-electron chi connectivity index (χ2n) is 11.9. The zero-order valence-electron chi connectivity index (χ0n) is 23.3. The number of fused-ring (bicyclic) bond motifs is 1. The van der Waals surface area contributed by atoms with Crippen molar-refractivity contribution in [2.45, 2.75) is 58.9 Å². The lowest BCUT2D eigenvalue weighted by Gasteiger charge is -2.45. The van der Waals surface area contributed by atoms with E-state index in [9.17, 15) is 14.4 Å². The van der Waals surface area contributed by atoms with Crippen molar-refractivity contribution in [1.29, 1.82) is 0 Å². The highest BCUT2D eigenvalue weighted by Crippen LogP contribution is 2.50. The predicted molar refractivity (Wildman–Crippen MR) is 155 cm³/mol. The van der Waals surface area contributed by atoms with Crippen LogP contribution in [-0.2, 0) is 27.2 Å². The number of hydrogen-bond donors (Lipinski definition) is 2. The maximum absolute atomic E-state index is 14.0. The first-order valence-corrected chi connectivity index (χ1v) is 13.6. The number of aromatic nitrogens is 1. The minimum absolute atomic E-state index is 0.0212. The average Bonchev–Trinajstić information content (AvgIpc) is 3.22. The molecular formula is C34H36N2O3. The SMILES string of the molecule is CC(=O)NC(C)(C)Cc1c(C(c2ccccc2)C2C(=O)C(C)(Cc3ccccc3)C2=O)[nH]c2cc(C)ccc12. The molecule has 1 atom stereocenters. The van der Waals surface area contributed by atoms with Crippen molar-refractivity contribution in [1.82, 2.24) is 10.3 Å². The van der Waals surface area contributed by atoms with Gasteiger partial charge in [-0.25, -0.2) is 0 Å². The molecule has 0 saturated heterocycles. The third-order valence-electron chi connectivity index (χ3n) is 8.08. The van der Waals surface area contributed by atoms with Crippen LogP contribution in [0.1, 0.15) is 61.6 Å². The van der Waals surface area contributed by atoms with Crippen LogP contribution in [0.5, 0.6) is 0 Å². The standard InChI is InChI=1S/C34H36N2O3/c1-21-16-17-25-26(20-33(3,4)36-22(2)37)30(35-27(25)18-21)28(24-14-10-7-11-15-24)29-31(38)34(5,32(29)39)19-23-12-8-6-9-13-23/h6-18,28-29,35H,19-20H2,1-5H3,(H,36,37). The molecule has 1 unspecified atom stereocenters. The molecule has 1 amide bonds. The van der Waals surface area contributed by atoms with E-state index in [4.69, 9.17) is 0 Å². The Morgan fingerprint density at radius 2 is 1.59 bits per heavy atom. The van der Waals surface area contributed by atoms with Crippen molar-refractivity contribution in [2.75, 3.05) is 0 Å². The molecule has 5 heteroatoms. The molecule has 1 saturated carbocycles. The fraction of sp³-hybridized carbons (Fsp3) is 0.324. The lowest BCUT2D eigenvalue weighted by molar-refractivity contribution is -0.160. The highest BCUT2D eigenvalue weighted by molar-refractivity contribution is 6.28. The zero-order chi connectivity index (χ0) is 27.9. The number of ketones is 2. The van der Waals surface area contributed by atoms with Gasteiger partial charge in [0.1, 0.15) is 0 Å². The molecule has 1 aromatic heterocycles. The number of rotatable bonds is 8. The van der Waals surface area contributed by atoms with Gasteiger partial charge in [0.2, 0.25) is 5.91 Å². The Labute approximate surface area is 230 Å². The average molecular weight is 521 g/mol. The van der Waals surface area contributed by atoms with Crippen molar-refractivity contribution in [3.8, 4) is 0 Å². The van der Waals surface area contributed by atoms with E-state index in [1.807, 2.05) is 81.4 Å². The molecule has 5 nitrogen and oxygen atoms in total. The minimum Gasteiger partial charge on any atom is -0.358 e. The minimum atomic E-state index is -1.04. The molecule has 39 heavy (non-hydrogen) atoms. The molecule has 0 bridgehead atoms. The van der Waals surface area contributed by atoms with Gasteiger partial charge in [-0.1, -0.05) is 72.8 Å². The topological polar surface area (TPSA) is 79.0 Å². The second-order valence-corrected chi connectivity index (χ2v) is 11.9. The maximum atomic E-state index is 14.0. The summed E-state index contributed by atoms with van der Waals surface area (Å²) in [6, 6.07) is 25.9. The Bertz CT molecular complexity index is 1530. The molecule has 200 valence electrons. The van der Waals surface area contributed by atoms with Crippen LogP contribution >= 0.6 is 0 Å². The Morgan fingerprint density at radius 1 is 0.974 bits per heavy atom. The number of amides is 1. The molecule has 1 aliphatic rings. The highest BCUT2D eigenvalue weighted by atomic mass is 16.2. The molecule has 1 heterocycles. The van der Waals surface area contributed by atoms with Gasteiger partial charge < -0.3 is 10.3 Å². The second kappa shape index (κ2) is 9.96. The number of carbonyl (C=O) groups is 3. The van der Waals surface area contributed by atoms with Gasteiger partial charge in [-0.15, -0.1) is 0 Å². The van der Waals surface area contributed by atoms with E-state index in [0.29, 0.717) is 12.8 Å². The Balaban J connectivity index is 1.63. The van der Waals surface area contributed by atoms with Crippen LogP contribution in [0.2, 0.25) is 0 Å². The summed E-state index contributed by atoms with van der Waals surface area (Å²) in [4.78, 5) is 43.6. The summed E-state index contributed by atoms with van der Waals surface area (Å²) in [5, 5.41) is 4.11. The van der Waals surface area contributed by atoms with E-state index in [1.54, 1.807) is 6.92 Å². The van der Waals surface area contributed by atoms with E-state index in [0.717, 1.165) is 38.9 Å². The molecule has 4 aromatic rings. The smallest absolute Gasteiger partial charge is 0.217 e. The first kappa shape index (κ1) is 26.6. The van der Waals surface area contributed by atoms with E-state index in [1.165, 1.54) is 6.92 Å². The van der Waals surface area contributed by atoms with Gasteiger partial charge in [0.25, 0.3) is 0 Å². The van der Waals surface area contributed by atoms with Gasteiger partial charge in [-0.2, -0.15) is 0 Å². The molecule has 1 aliphatic carbocycles. The number of Topliss-reactive ketones (excluding diaryl/α,β-unsaturated/α-hetero) is 2. The summed E-state index contributed by atoms with van der Waals surface area (Å²) < 4.78 is 0. The van der Waals surface area contributed by atoms with E-state index in [-0.39, 0.29) is 17.5 Å². The molecule has 0 radical (unpaired) electrons. The summed E-state index contributed by atoms with van der Waals surface area (Å²) in [6.07, 6.45) is 0.947. The van der Waals surface area contributed by atoms with Crippen LogP contribution in [0.25, 0.3) is 10.9 Å². The van der Waals surface area contributed by atoms with Crippen molar-refractivity contribution in [2.24, 2.45) is 11.3 Å². The number of aryl methyl sites for hydroxylation is 1. The van der Waals surface area contributed by atoms with Crippen molar-refractivity contribution >= 4 is 28.4 Å². The van der Waals surface area contributed by atoms with Gasteiger partial charge >= 0.3 is 0 Å². The van der Waals surface area contributed by atoms with Gasteiger partial charge in [0.15, 0.2) is 11.6 Å². The van der Waals surface area contributed by atoms with E-state index < -0.39 is 22.8 Å². The molecule has 0 aliphatic heterocycles. The fourth-order valence-electron chi connectivity index (χ4n) is 6.33. The molecule has 5 rings (SSSR count). The Morgan fingerprint density at radius 3 is 2.21 bits per heavy atom. The van der Waals surface area contributed by atoms with Gasteiger partial charge in [-0.3, -0.25) is 14.4 Å². The number of aromatic amines is 1. The van der Waals surface area contributed by atoms with Crippen LogP contribution in [-0.4, -0.2) is 28.0 Å². The molecule has 0 spiro atoms. The monoisotopic (exact) mass is 520 g/mol. The first-order chi connectivity index (χ1) is 18.5. The molecule has 1 fully saturated rings. The number of hydrogen-bond acceptors (Lipinski definition) is 3. The largest absolute Gasteiger partial charge is 0.358 e. The third-order valence-corrected chi connectivity index (χ3v) is 8.08.